The van der Waals surface area contributed by atoms with E-state index in [0.717, 1.165) is 127 Å². The third-order valence-corrected chi connectivity index (χ3v) is 9.90. The quantitative estimate of drug-likeness (QED) is 0.217. The van der Waals surface area contributed by atoms with E-state index in [4.69, 9.17) is 19.7 Å². The Morgan fingerprint density at radius 3 is 1.88 bits per heavy atom. The fraction of sp³-hybridized carbons (Fsp3) is 0.588. The van der Waals surface area contributed by atoms with Gasteiger partial charge in [0, 0.05) is 90.5 Å². The van der Waals surface area contributed by atoms with Gasteiger partial charge in [-0.25, -0.2) is 19.5 Å². The number of aryl methyl sites for hydroxylation is 11. The zero-order valence-electron chi connectivity index (χ0n) is 31.0. The second-order valence-electron chi connectivity index (χ2n) is 13.6. The predicted octanol–water partition coefficient (Wildman–Crippen LogP) is 2.44. The summed E-state index contributed by atoms with van der Waals surface area (Å²) in [6.45, 7) is 13.8. The molecule has 8 heterocycles. The molecule has 6 aromatic rings. The summed E-state index contributed by atoms with van der Waals surface area (Å²) in [5, 5.41) is 18.4. The SMILES string of the molecule is COC1CCN(c2nc(CCc3nc4c(C)ncc(C)n4n3)n(C)n2)C1.Cc1nc(C)n2nc(CCc3nc(N4CCCC4)nn3C)nc2c1C. The number of rotatable bonds is 9. The van der Waals surface area contributed by atoms with E-state index in [9.17, 15) is 0 Å². The molecule has 0 aromatic carbocycles. The molecule has 0 amide bonds. The van der Waals surface area contributed by atoms with E-state index >= 15 is 0 Å². The summed E-state index contributed by atoms with van der Waals surface area (Å²) in [7, 11) is 5.65. The molecule has 0 N–H and O–H groups in total. The van der Waals surface area contributed by atoms with E-state index in [1.54, 1.807) is 7.11 Å². The van der Waals surface area contributed by atoms with Crippen molar-refractivity contribution in [2.24, 2.45) is 14.1 Å². The molecule has 6 aromatic heterocycles. The number of methoxy groups -OCH3 is 1. The van der Waals surface area contributed by atoms with Gasteiger partial charge in [-0.15, -0.1) is 15.3 Å². The lowest BCUT2D eigenvalue weighted by molar-refractivity contribution is 0.121. The largest absolute Gasteiger partial charge is 0.380 e. The third-order valence-electron chi connectivity index (χ3n) is 9.90. The topological polar surface area (TPSA) is 163 Å². The van der Waals surface area contributed by atoms with Crippen LogP contribution >= 0.6 is 0 Å². The second-order valence-corrected chi connectivity index (χ2v) is 13.6. The van der Waals surface area contributed by atoms with Gasteiger partial charge in [-0.3, -0.25) is 14.3 Å². The van der Waals surface area contributed by atoms with Gasteiger partial charge < -0.3 is 14.5 Å². The fourth-order valence-corrected chi connectivity index (χ4v) is 6.68. The van der Waals surface area contributed by atoms with Crippen LogP contribution < -0.4 is 9.80 Å². The highest BCUT2D eigenvalue weighted by Crippen LogP contribution is 2.20. The molecule has 0 aliphatic carbocycles. The summed E-state index contributed by atoms with van der Waals surface area (Å²) < 4.78 is 12.8. The molecule has 1 atom stereocenters. The lowest BCUT2D eigenvalue weighted by atomic mass is 10.2. The zero-order valence-corrected chi connectivity index (χ0v) is 31.0. The number of ether oxygens (including phenoxy) is 1. The van der Waals surface area contributed by atoms with Gasteiger partial charge in [0.25, 0.3) is 0 Å². The van der Waals surface area contributed by atoms with Crippen molar-refractivity contribution in [1.82, 2.24) is 68.7 Å². The molecule has 0 radical (unpaired) electrons. The van der Waals surface area contributed by atoms with E-state index in [1.165, 1.54) is 12.8 Å². The zero-order chi connectivity index (χ0) is 35.8. The molecule has 2 saturated heterocycles. The first-order chi connectivity index (χ1) is 24.6. The summed E-state index contributed by atoms with van der Waals surface area (Å²) in [6.07, 6.45) is 8.53. The molecule has 0 bridgehead atoms. The minimum absolute atomic E-state index is 0.268. The molecule has 51 heavy (non-hydrogen) atoms. The van der Waals surface area contributed by atoms with E-state index in [0.29, 0.717) is 6.42 Å². The third kappa shape index (κ3) is 7.11. The van der Waals surface area contributed by atoms with Gasteiger partial charge in [-0.2, -0.15) is 19.6 Å². The van der Waals surface area contributed by atoms with Crippen molar-refractivity contribution in [3.05, 3.63) is 58.0 Å². The van der Waals surface area contributed by atoms with Crippen LogP contribution in [0.15, 0.2) is 6.20 Å². The van der Waals surface area contributed by atoms with Crippen molar-refractivity contribution in [2.45, 2.75) is 85.7 Å². The Kier molecular flexibility index (Phi) is 9.63. The van der Waals surface area contributed by atoms with Gasteiger partial charge >= 0.3 is 0 Å². The van der Waals surface area contributed by atoms with E-state index in [1.807, 2.05) is 73.3 Å². The second kappa shape index (κ2) is 14.3. The number of hydrogen-bond acceptors (Lipinski definition) is 13. The van der Waals surface area contributed by atoms with Crippen LogP contribution in [0.1, 0.15) is 71.0 Å². The number of anilines is 2. The van der Waals surface area contributed by atoms with Gasteiger partial charge in [-0.05, 0) is 53.9 Å². The lowest BCUT2D eigenvalue weighted by Crippen LogP contribution is -2.23. The van der Waals surface area contributed by atoms with Crippen molar-refractivity contribution in [3.63, 3.8) is 0 Å². The highest BCUT2D eigenvalue weighted by molar-refractivity contribution is 5.48. The summed E-state index contributed by atoms with van der Waals surface area (Å²) >= 11 is 0. The Labute approximate surface area is 297 Å². The first-order valence-electron chi connectivity index (χ1n) is 17.8. The number of aromatic nitrogens is 14. The minimum atomic E-state index is 0.268. The molecule has 0 spiro atoms. The number of nitrogens with zero attached hydrogens (tertiary/aromatic N) is 16. The van der Waals surface area contributed by atoms with Crippen molar-refractivity contribution in [2.75, 3.05) is 43.1 Å². The van der Waals surface area contributed by atoms with Gasteiger partial charge in [0.2, 0.25) is 11.9 Å². The Hall–Kier alpha value is -5.06. The maximum Gasteiger partial charge on any atom is 0.245 e. The monoisotopic (exact) mass is 696 g/mol. The fourth-order valence-electron chi connectivity index (χ4n) is 6.68. The Bertz CT molecular complexity index is 2110. The average molecular weight is 697 g/mol. The first-order valence-corrected chi connectivity index (χ1v) is 17.8. The van der Waals surface area contributed by atoms with Crippen LogP contribution in [-0.2, 0) is 44.5 Å². The Balaban J connectivity index is 0.000000159. The molecule has 0 saturated carbocycles. The van der Waals surface area contributed by atoms with Gasteiger partial charge in [0.05, 0.1) is 17.5 Å². The molecule has 17 nitrogen and oxygen atoms in total. The predicted molar refractivity (Wildman–Crippen MR) is 191 cm³/mol. The average Bonchev–Trinajstić information content (AvgIpc) is 3.96. The smallest absolute Gasteiger partial charge is 0.245 e. The molecule has 17 heteroatoms. The van der Waals surface area contributed by atoms with Crippen LogP contribution in [0.3, 0.4) is 0 Å². The number of fused-ring (bicyclic) bond motifs is 2. The maximum atomic E-state index is 5.43. The van der Waals surface area contributed by atoms with Crippen LogP contribution in [0.2, 0.25) is 0 Å². The van der Waals surface area contributed by atoms with Gasteiger partial charge in [0.15, 0.2) is 22.9 Å². The molecule has 2 aliphatic heterocycles. The van der Waals surface area contributed by atoms with Crippen LogP contribution in [-0.4, -0.2) is 108 Å². The molecular formula is C34H48N16O. The Morgan fingerprint density at radius 1 is 0.667 bits per heavy atom. The molecule has 2 fully saturated rings. The van der Waals surface area contributed by atoms with E-state index in [2.05, 4.69) is 45.1 Å². The van der Waals surface area contributed by atoms with Gasteiger partial charge in [0.1, 0.15) is 17.5 Å². The highest BCUT2D eigenvalue weighted by Gasteiger charge is 2.26. The van der Waals surface area contributed by atoms with Crippen LogP contribution in [0.25, 0.3) is 11.3 Å². The molecule has 2 aliphatic rings. The lowest BCUT2D eigenvalue weighted by Gasteiger charge is -2.12. The van der Waals surface area contributed by atoms with E-state index < -0.39 is 0 Å². The Morgan fingerprint density at radius 2 is 1.27 bits per heavy atom. The van der Waals surface area contributed by atoms with Crippen molar-refractivity contribution in [1.29, 1.82) is 0 Å². The minimum Gasteiger partial charge on any atom is -0.380 e. The van der Waals surface area contributed by atoms with Crippen molar-refractivity contribution < 1.29 is 4.74 Å². The first kappa shape index (κ1) is 34.4. The van der Waals surface area contributed by atoms with Crippen LogP contribution in [0.5, 0.6) is 0 Å². The normalized spacial score (nSPS) is 16.2. The molecular weight excluding hydrogens is 648 g/mol. The molecule has 270 valence electrons. The summed E-state index contributed by atoms with van der Waals surface area (Å²) in [5.74, 6) is 6.03. The highest BCUT2D eigenvalue weighted by atomic mass is 16.5. The maximum absolute atomic E-state index is 5.43. The summed E-state index contributed by atoms with van der Waals surface area (Å²) in [5.41, 5.74) is 5.67. The summed E-state index contributed by atoms with van der Waals surface area (Å²) in [6, 6.07) is 0. The standard InChI is InChI=1S/C17H24N8O.C17H24N8/c1-11-9-18-12(2)16-19-14(21-25(11)16)5-6-15-20-17(22-23(15)3)24-8-7-13(10-24)26-4;1-11-12(2)18-13(3)25-16(11)19-14(21-25)7-8-15-20-17(22-23(15)4)24-9-5-6-10-24/h9,13H,5-8,10H2,1-4H3;5-10H2,1-4H3. The molecule has 1 unspecified atom stereocenters. The van der Waals surface area contributed by atoms with Crippen LogP contribution in [0.4, 0.5) is 11.9 Å². The van der Waals surface area contributed by atoms with Crippen molar-refractivity contribution >= 4 is 23.2 Å². The van der Waals surface area contributed by atoms with E-state index in [-0.39, 0.29) is 6.10 Å². The van der Waals surface area contributed by atoms with Crippen molar-refractivity contribution in [3.8, 4) is 0 Å². The van der Waals surface area contributed by atoms with Crippen LogP contribution in [0, 0.1) is 34.6 Å². The van der Waals surface area contributed by atoms with Gasteiger partial charge in [-0.1, -0.05) is 0 Å². The number of hydrogen-bond donors (Lipinski definition) is 0. The summed E-state index contributed by atoms with van der Waals surface area (Å²) in [4.78, 5) is 32.1. The molecule has 8 rings (SSSR count).